The predicted molar refractivity (Wildman–Crippen MR) is 92.4 cm³/mol. The largest absolute Gasteiger partial charge is 0.338 e. The Morgan fingerprint density at radius 1 is 1.27 bits per heavy atom. The Bertz CT molecular complexity index is 976. The molecular formula is C14H9BrN6S. The van der Waals surface area contributed by atoms with E-state index in [1.807, 2.05) is 35.7 Å². The number of thiophene rings is 1. The van der Waals surface area contributed by atoms with Crippen LogP contribution < -0.4 is 5.43 Å². The van der Waals surface area contributed by atoms with E-state index in [9.17, 15) is 0 Å². The van der Waals surface area contributed by atoms with Gasteiger partial charge in [0.1, 0.15) is 5.52 Å². The van der Waals surface area contributed by atoms with E-state index in [4.69, 9.17) is 0 Å². The smallest absolute Gasteiger partial charge is 0.265 e. The lowest BCUT2D eigenvalue weighted by molar-refractivity contribution is 1.01. The Labute approximate surface area is 137 Å². The summed E-state index contributed by atoms with van der Waals surface area (Å²) in [4.78, 5) is 8.67. The zero-order chi connectivity index (χ0) is 14.9. The van der Waals surface area contributed by atoms with Crippen molar-refractivity contribution in [1.29, 1.82) is 0 Å². The molecule has 0 aliphatic carbocycles. The van der Waals surface area contributed by atoms with Crippen molar-refractivity contribution in [1.82, 2.24) is 20.2 Å². The third kappa shape index (κ3) is 2.46. The van der Waals surface area contributed by atoms with Gasteiger partial charge in [-0.3, -0.25) is 0 Å². The highest BCUT2D eigenvalue weighted by Crippen LogP contribution is 2.25. The molecule has 2 N–H and O–H groups in total. The maximum atomic E-state index is 4.40. The van der Waals surface area contributed by atoms with E-state index in [1.165, 1.54) is 0 Å². The highest BCUT2D eigenvalue weighted by atomic mass is 79.9. The number of H-pyrrole nitrogens is 1. The summed E-state index contributed by atoms with van der Waals surface area (Å²) < 4.78 is 0.991. The van der Waals surface area contributed by atoms with Gasteiger partial charge in [-0.1, -0.05) is 22.0 Å². The second-order valence-corrected chi connectivity index (χ2v) is 6.43. The third-order valence-corrected chi connectivity index (χ3v) is 4.38. The van der Waals surface area contributed by atoms with Crippen LogP contribution in [0.1, 0.15) is 4.88 Å². The van der Waals surface area contributed by atoms with Crippen molar-refractivity contribution in [2.45, 2.75) is 0 Å². The number of fused-ring (bicyclic) bond motifs is 3. The van der Waals surface area contributed by atoms with Gasteiger partial charge >= 0.3 is 0 Å². The summed E-state index contributed by atoms with van der Waals surface area (Å²) in [5, 5.41) is 15.4. The van der Waals surface area contributed by atoms with Gasteiger partial charge in [-0.2, -0.15) is 10.1 Å². The van der Waals surface area contributed by atoms with E-state index in [-0.39, 0.29) is 0 Å². The zero-order valence-corrected chi connectivity index (χ0v) is 13.5. The second-order valence-electron chi connectivity index (χ2n) is 4.53. The van der Waals surface area contributed by atoms with Crippen molar-refractivity contribution < 1.29 is 0 Å². The summed E-state index contributed by atoms with van der Waals surface area (Å²) in [5.41, 5.74) is 5.18. The Morgan fingerprint density at radius 3 is 3.09 bits per heavy atom. The van der Waals surface area contributed by atoms with E-state index in [0.717, 1.165) is 25.8 Å². The average Bonchev–Trinajstić information content (AvgIpc) is 3.14. The topological polar surface area (TPSA) is 78.9 Å². The van der Waals surface area contributed by atoms with Gasteiger partial charge in [0.05, 0.1) is 6.21 Å². The van der Waals surface area contributed by atoms with E-state index < -0.39 is 0 Å². The SMILES string of the molecule is Brc1ccc2[nH]c3nc(NN=Cc4cccs4)nnc3c2c1. The van der Waals surface area contributed by atoms with Crippen LogP contribution in [0, 0.1) is 0 Å². The molecule has 0 amide bonds. The van der Waals surface area contributed by atoms with Gasteiger partial charge in [0.25, 0.3) is 5.95 Å². The molecule has 4 aromatic rings. The number of halogens is 1. The number of anilines is 1. The zero-order valence-electron chi connectivity index (χ0n) is 11.1. The van der Waals surface area contributed by atoms with Gasteiger partial charge in [0.2, 0.25) is 0 Å². The molecule has 0 bridgehead atoms. The highest BCUT2D eigenvalue weighted by molar-refractivity contribution is 9.10. The lowest BCUT2D eigenvalue weighted by Crippen LogP contribution is -1.98. The van der Waals surface area contributed by atoms with Crippen molar-refractivity contribution in [3.05, 3.63) is 45.1 Å². The Morgan fingerprint density at radius 2 is 2.23 bits per heavy atom. The molecule has 0 saturated carbocycles. The average molecular weight is 373 g/mol. The molecule has 22 heavy (non-hydrogen) atoms. The fraction of sp³-hybridized carbons (Fsp3) is 0. The van der Waals surface area contributed by atoms with Gasteiger partial charge in [-0.25, -0.2) is 5.43 Å². The standard InChI is InChI=1S/C14H9BrN6S/c15-8-3-4-11-10(6-8)12-13(17-11)18-14(21-19-12)20-16-7-9-2-1-5-22-9/h1-7H,(H2,17,18,20,21). The maximum absolute atomic E-state index is 4.40. The van der Waals surface area contributed by atoms with Crippen LogP contribution in [0.5, 0.6) is 0 Å². The fourth-order valence-electron chi connectivity index (χ4n) is 2.11. The summed E-state index contributed by atoms with van der Waals surface area (Å²) >= 11 is 5.07. The number of nitrogens with one attached hydrogen (secondary N) is 2. The lowest BCUT2D eigenvalue weighted by atomic mass is 10.2. The highest BCUT2D eigenvalue weighted by Gasteiger charge is 2.09. The van der Waals surface area contributed by atoms with Crippen LogP contribution in [0.3, 0.4) is 0 Å². The van der Waals surface area contributed by atoms with Crippen molar-refractivity contribution >= 4 is 61.5 Å². The van der Waals surface area contributed by atoms with E-state index in [1.54, 1.807) is 17.6 Å². The molecule has 0 aliphatic rings. The fourth-order valence-corrected chi connectivity index (χ4v) is 3.06. The molecule has 6 nitrogen and oxygen atoms in total. The quantitative estimate of drug-likeness (QED) is 0.423. The number of rotatable bonds is 3. The minimum absolute atomic E-state index is 0.353. The van der Waals surface area contributed by atoms with Crippen LogP contribution >= 0.6 is 27.3 Å². The van der Waals surface area contributed by atoms with Crippen molar-refractivity contribution in [3.63, 3.8) is 0 Å². The second kappa shape index (κ2) is 5.47. The van der Waals surface area contributed by atoms with Gasteiger partial charge < -0.3 is 4.98 Å². The number of benzene rings is 1. The van der Waals surface area contributed by atoms with Gasteiger partial charge in [0, 0.05) is 20.3 Å². The van der Waals surface area contributed by atoms with Crippen molar-refractivity contribution in [2.75, 3.05) is 5.43 Å². The Hall–Kier alpha value is -2.32. The minimum atomic E-state index is 0.353. The first kappa shape index (κ1) is 13.4. The molecule has 0 spiro atoms. The number of hydrazone groups is 1. The molecule has 0 saturated heterocycles. The molecule has 108 valence electrons. The van der Waals surface area contributed by atoms with E-state index >= 15 is 0 Å². The molecule has 0 radical (unpaired) electrons. The molecule has 3 heterocycles. The van der Waals surface area contributed by atoms with Crippen LogP contribution in [0.25, 0.3) is 22.1 Å². The third-order valence-electron chi connectivity index (χ3n) is 3.08. The molecule has 0 aliphatic heterocycles. The summed E-state index contributed by atoms with van der Waals surface area (Å²) in [7, 11) is 0. The number of hydrogen-bond donors (Lipinski definition) is 2. The molecule has 1 aromatic carbocycles. The van der Waals surface area contributed by atoms with Crippen LogP contribution in [0.2, 0.25) is 0 Å². The van der Waals surface area contributed by atoms with Crippen LogP contribution in [0.4, 0.5) is 5.95 Å². The number of aromatic nitrogens is 4. The summed E-state index contributed by atoms with van der Waals surface area (Å²) in [6, 6.07) is 9.89. The number of nitrogens with zero attached hydrogens (tertiary/aromatic N) is 4. The summed E-state index contributed by atoms with van der Waals surface area (Å²) in [5.74, 6) is 0.353. The van der Waals surface area contributed by atoms with Crippen LogP contribution in [-0.4, -0.2) is 26.4 Å². The predicted octanol–water partition coefficient (Wildman–Crippen LogP) is 3.78. The van der Waals surface area contributed by atoms with E-state index in [0.29, 0.717) is 11.6 Å². The maximum Gasteiger partial charge on any atom is 0.265 e. The minimum Gasteiger partial charge on any atom is -0.338 e. The molecular weight excluding hydrogens is 364 g/mol. The molecule has 0 fully saturated rings. The molecule has 0 unspecified atom stereocenters. The van der Waals surface area contributed by atoms with Gasteiger partial charge in [0.15, 0.2) is 5.65 Å². The Kier molecular flexibility index (Phi) is 3.32. The number of hydrogen-bond acceptors (Lipinski definition) is 6. The summed E-state index contributed by atoms with van der Waals surface area (Å²) in [6.07, 6.45) is 1.72. The first-order valence-corrected chi connectivity index (χ1v) is 8.11. The first-order valence-electron chi connectivity index (χ1n) is 6.44. The van der Waals surface area contributed by atoms with Gasteiger partial charge in [-0.15, -0.1) is 21.5 Å². The van der Waals surface area contributed by atoms with Gasteiger partial charge in [-0.05, 0) is 29.6 Å². The van der Waals surface area contributed by atoms with Crippen LogP contribution in [-0.2, 0) is 0 Å². The molecule has 3 aromatic heterocycles. The molecule has 0 atom stereocenters. The monoisotopic (exact) mass is 372 g/mol. The van der Waals surface area contributed by atoms with Crippen molar-refractivity contribution in [3.8, 4) is 0 Å². The normalized spacial score (nSPS) is 11.7. The Balaban J connectivity index is 1.67. The van der Waals surface area contributed by atoms with Crippen LogP contribution in [0.15, 0.2) is 45.3 Å². The number of aromatic amines is 1. The molecule has 8 heteroatoms. The first-order chi connectivity index (χ1) is 10.8. The molecule has 4 rings (SSSR count). The summed E-state index contributed by atoms with van der Waals surface area (Å²) in [6.45, 7) is 0. The van der Waals surface area contributed by atoms with Crippen molar-refractivity contribution in [2.24, 2.45) is 5.10 Å². The lowest BCUT2D eigenvalue weighted by Gasteiger charge is -1.96. The van der Waals surface area contributed by atoms with E-state index in [2.05, 4.69) is 46.6 Å².